The predicted molar refractivity (Wildman–Crippen MR) is 132 cm³/mol. The number of ether oxygens (including phenoxy) is 1. The lowest BCUT2D eigenvalue weighted by Crippen LogP contribution is -2.64. The first-order chi connectivity index (χ1) is 16.9. The molecule has 3 N–H and O–H groups in total. The van der Waals surface area contributed by atoms with Gasteiger partial charge in [-0.3, -0.25) is 4.79 Å². The number of hydrogen-bond acceptors (Lipinski definition) is 10. The zero-order valence-corrected chi connectivity index (χ0v) is 20.5. The maximum atomic E-state index is 13.2. The second-order valence-corrected chi connectivity index (χ2v) is 10.5. The number of nitrogens with zero attached hydrogens (tertiary/aromatic N) is 7. The van der Waals surface area contributed by atoms with E-state index in [0.717, 1.165) is 74.6 Å². The zero-order chi connectivity index (χ0) is 24.2. The summed E-state index contributed by atoms with van der Waals surface area (Å²) in [6.07, 6.45) is 6.11. The molecule has 2 aromatic heterocycles. The summed E-state index contributed by atoms with van der Waals surface area (Å²) in [5.41, 5.74) is 7.95. The van der Waals surface area contributed by atoms with Gasteiger partial charge < -0.3 is 30.5 Å². The Labute approximate surface area is 205 Å². The van der Waals surface area contributed by atoms with Gasteiger partial charge in [0.25, 0.3) is 0 Å². The van der Waals surface area contributed by atoms with Crippen LogP contribution < -0.4 is 20.9 Å². The SMILES string of the molecule is C[C@]1(N2CCc3c(-c4cnc(N)nc4)nc(N4CCOCC4)nc32)CCN(C(=O)[C@]2(C)CCN2)C1. The molecule has 3 saturated heterocycles. The van der Waals surface area contributed by atoms with E-state index in [-0.39, 0.29) is 17.4 Å². The predicted octanol–water partition coefficient (Wildman–Crippen LogP) is 0.458. The molecule has 4 aliphatic rings. The van der Waals surface area contributed by atoms with Crippen molar-refractivity contribution in [2.75, 3.05) is 68.0 Å². The van der Waals surface area contributed by atoms with E-state index in [1.807, 2.05) is 11.8 Å². The summed E-state index contributed by atoms with van der Waals surface area (Å²) < 4.78 is 5.55. The van der Waals surface area contributed by atoms with E-state index in [2.05, 4.69) is 32.0 Å². The summed E-state index contributed by atoms with van der Waals surface area (Å²) >= 11 is 0. The van der Waals surface area contributed by atoms with Gasteiger partial charge in [0, 0.05) is 56.2 Å². The molecule has 0 aliphatic carbocycles. The van der Waals surface area contributed by atoms with Crippen LogP contribution in [0.25, 0.3) is 11.3 Å². The fourth-order valence-corrected chi connectivity index (χ4v) is 5.74. The number of rotatable bonds is 4. The van der Waals surface area contributed by atoms with Crippen molar-refractivity contribution in [2.45, 2.75) is 44.2 Å². The molecule has 0 unspecified atom stereocenters. The van der Waals surface area contributed by atoms with Crippen LogP contribution in [-0.2, 0) is 16.0 Å². The molecule has 11 heteroatoms. The number of likely N-dealkylation sites (tertiary alicyclic amines) is 1. The van der Waals surface area contributed by atoms with Gasteiger partial charge in [0.15, 0.2) is 0 Å². The second kappa shape index (κ2) is 8.27. The van der Waals surface area contributed by atoms with Crippen molar-refractivity contribution in [1.29, 1.82) is 0 Å². The number of amides is 1. The minimum Gasteiger partial charge on any atom is -0.378 e. The molecule has 0 saturated carbocycles. The molecule has 1 amide bonds. The van der Waals surface area contributed by atoms with Gasteiger partial charge in [-0.2, -0.15) is 4.98 Å². The van der Waals surface area contributed by atoms with Gasteiger partial charge in [-0.05, 0) is 39.7 Å². The van der Waals surface area contributed by atoms with Crippen LogP contribution in [0.15, 0.2) is 12.4 Å². The van der Waals surface area contributed by atoms with E-state index in [0.29, 0.717) is 25.7 Å². The Balaban J connectivity index is 1.35. The Bertz CT molecular complexity index is 1130. The van der Waals surface area contributed by atoms with Crippen molar-refractivity contribution in [3.63, 3.8) is 0 Å². The van der Waals surface area contributed by atoms with Crippen molar-refractivity contribution < 1.29 is 9.53 Å². The first-order valence-corrected chi connectivity index (χ1v) is 12.5. The summed E-state index contributed by atoms with van der Waals surface area (Å²) in [7, 11) is 0. The number of nitrogens with one attached hydrogen (secondary N) is 1. The minimum atomic E-state index is -0.415. The van der Waals surface area contributed by atoms with Crippen LogP contribution in [0.3, 0.4) is 0 Å². The molecule has 2 atom stereocenters. The van der Waals surface area contributed by atoms with Crippen molar-refractivity contribution >= 4 is 23.6 Å². The molecule has 0 radical (unpaired) electrons. The van der Waals surface area contributed by atoms with Crippen LogP contribution >= 0.6 is 0 Å². The van der Waals surface area contributed by atoms with Gasteiger partial charge in [0.2, 0.25) is 17.8 Å². The van der Waals surface area contributed by atoms with Gasteiger partial charge in [-0.25, -0.2) is 15.0 Å². The van der Waals surface area contributed by atoms with Crippen molar-refractivity contribution in [3.05, 3.63) is 18.0 Å². The van der Waals surface area contributed by atoms with E-state index >= 15 is 0 Å². The molecule has 2 aromatic rings. The highest BCUT2D eigenvalue weighted by Crippen LogP contribution is 2.42. The number of carbonyl (C=O) groups excluding carboxylic acids is 1. The number of morpholine rings is 1. The highest BCUT2D eigenvalue weighted by molar-refractivity contribution is 5.87. The van der Waals surface area contributed by atoms with Gasteiger partial charge in [-0.1, -0.05) is 0 Å². The topological polar surface area (TPSA) is 126 Å². The average molecular weight is 480 g/mol. The molecule has 11 nitrogen and oxygen atoms in total. The lowest BCUT2D eigenvalue weighted by Gasteiger charge is -2.42. The first kappa shape index (κ1) is 22.4. The molecular weight excluding hydrogens is 446 g/mol. The van der Waals surface area contributed by atoms with Crippen LogP contribution in [0, 0.1) is 0 Å². The van der Waals surface area contributed by atoms with E-state index < -0.39 is 5.54 Å². The van der Waals surface area contributed by atoms with Crippen LogP contribution in [0.2, 0.25) is 0 Å². The number of hydrogen-bond donors (Lipinski definition) is 2. The molecule has 0 spiro atoms. The molecule has 0 bridgehead atoms. The minimum absolute atomic E-state index is 0.188. The van der Waals surface area contributed by atoms with Crippen LogP contribution in [0.4, 0.5) is 17.7 Å². The Kier molecular flexibility index (Phi) is 5.29. The fourth-order valence-electron chi connectivity index (χ4n) is 5.74. The lowest BCUT2D eigenvalue weighted by molar-refractivity contribution is -0.139. The van der Waals surface area contributed by atoms with E-state index in [9.17, 15) is 4.79 Å². The summed E-state index contributed by atoms with van der Waals surface area (Å²) in [5, 5.41) is 3.32. The van der Waals surface area contributed by atoms with Crippen molar-refractivity contribution in [2.24, 2.45) is 0 Å². The van der Waals surface area contributed by atoms with Crippen molar-refractivity contribution in [1.82, 2.24) is 30.2 Å². The fraction of sp³-hybridized carbons (Fsp3) is 0.625. The Morgan fingerprint density at radius 1 is 1.09 bits per heavy atom. The highest BCUT2D eigenvalue weighted by Gasteiger charge is 2.49. The molecule has 0 aromatic carbocycles. The molecule has 6 rings (SSSR count). The summed E-state index contributed by atoms with van der Waals surface area (Å²) in [6, 6.07) is 0. The number of nitrogens with two attached hydrogens (primary N) is 1. The maximum Gasteiger partial charge on any atom is 0.242 e. The zero-order valence-electron chi connectivity index (χ0n) is 20.5. The lowest BCUT2D eigenvalue weighted by atomic mass is 9.88. The molecule has 186 valence electrons. The number of anilines is 3. The third kappa shape index (κ3) is 3.77. The normalized spacial score (nSPS) is 28.2. The smallest absolute Gasteiger partial charge is 0.242 e. The van der Waals surface area contributed by atoms with Gasteiger partial charge in [0.05, 0.1) is 30.0 Å². The number of fused-ring (bicyclic) bond motifs is 1. The number of nitrogen functional groups attached to an aromatic ring is 1. The Morgan fingerprint density at radius 3 is 2.51 bits per heavy atom. The van der Waals surface area contributed by atoms with Crippen LogP contribution in [0.5, 0.6) is 0 Å². The second-order valence-electron chi connectivity index (χ2n) is 10.5. The summed E-state index contributed by atoms with van der Waals surface area (Å²) in [4.78, 5) is 38.3. The van der Waals surface area contributed by atoms with E-state index in [1.165, 1.54) is 0 Å². The monoisotopic (exact) mass is 479 g/mol. The molecule has 6 heterocycles. The van der Waals surface area contributed by atoms with Gasteiger partial charge in [0.1, 0.15) is 5.82 Å². The third-order valence-corrected chi connectivity index (χ3v) is 8.06. The summed E-state index contributed by atoms with van der Waals surface area (Å²) in [6.45, 7) is 10.3. The quantitative estimate of drug-likeness (QED) is 0.639. The Morgan fingerprint density at radius 2 is 1.83 bits per heavy atom. The third-order valence-electron chi connectivity index (χ3n) is 8.06. The number of carbonyl (C=O) groups is 1. The molecule has 3 fully saturated rings. The standard InChI is InChI=1S/C24H33N9O2/c1-23(5-8-32(15-23)20(34)24(2)4-6-28-24)33-7-3-17-18(16-13-26-21(25)27-14-16)29-22(30-19(17)33)31-9-11-35-12-10-31/h13-14,28H,3-12,15H2,1-2H3,(H2,25,26,27)/t23-,24-/m0/s1. The van der Waals surface area contributed by atoms with Gasteiger partial charge >= 0.3 is 0 Å². The first-order valence-electron chi connectivity index (χ1n) is 12.5. The largest absolute Gasteiger partial charge is 0.378 e. The summed E-state index contributed by atoms with van der Waals surface area (Å²) in [5.74, 6) is 2.11. The van der Waals surface area contributed by atoms with Crippen molar-refractivity contribution in [3.8, 4) is 11.3 Å². The maximum absolute atomic E-state index is 13.2. The molecule has 35 heavy (non-hydrogen) atoms. The van der Waals surface area contributed by atoms with Crippen LogP contribution in [-0.4, -0.2) is 94.3 Å². The molecular formula is C24H33N9O2. The van der Waals surface area contributed by atoms with Gasteiger partial charge in [-0.15, -0.1) is 0 Å². The van der Waals surface area contributed by atoms with E-state index in [4.69, 9.17) is 20.4 Å². The average Bonchev–Trinajstić information content (AvgIpc) is 3.47. The van der Waals surface area contributed by atoms with E-state index in [1.54, 1.807) is 12.4 Å². The highest BCUT2D eigenvalue weighted by atomic mass is 16.5. The number of aromatic nitrogens is 4. The Hall–Kier alpha value is -3.05. The van der Waals surface area contributed by atoms with Crippen LogP contribution in [0.1, 0.15) is 32.3 Å². The molecule has 4 aliphatic heterocycles.